The van der Waals surface area contributed by atoms with Gasteiger partial charge in [-0.25, -0.2) is 14.9 Å². The minimum Gasteiger partial charge on any atom is -0.467 e. The summed E-state index contributed by atoms with van der Waals surface area (Å²) in [6, 6.07) is 11.7. The van der Waals surface area contributed by atoms with Gasteiger partial charge >= 0.3 is 5.69 Å². The van der Waals surface area contributed by atoms with E-state index in [2.05, 4.69) is 21.2 Å². The van der Waals surface area contributed by atoms with Gasteiger partial charge in [-0.15, -0.1) is 16.4 Å². The van der Waals surface area contributed by atoms with Crippen LogP contribution in [0.4, 0.5) is 0 Å². The Balaban J connectivity index is 1.54. The molecule has 8 heteroatoms. The van der Waals surface area contributed by atoms with Gasteiger partial charge in [-0.3, -0.25) is 4.57 Å². The molecule has 0 saturated carbocycles. The summed E-state index contributed by atoms with van der Waals surface area (Å²) in [6.07, 6.45) is 1.59. The second-order valence-corrected chi connectivity index (χ2v) is 6.90. The molecule has 0 saturated heterocycles. The number of thiazole rings is 1. The number of H-pyrrole nitrogens is 1. The van der Waals surface area contributed by atoms with Crippen LogP contribution in [0.1, 0.15) is 10.8 Å². The molecule has 0 atom stereocenters. The maximum Gasteiger partial charge on any atom is 0.344 e. The zero-order valence-corrected chi connectivity index (χ0v) is 13.6. The molecule has 3 heterocycles. The van der Waals surface area contributed by atoms with E-state index in [0.29, 0.717) is 17.5 Å². The first-order valence-corrected chi connectivity index (χ1v) is 8.74. The average Bonchev–Trinajstić information content (AvgIpc) is 3.27. The quantitative estimate of drug-likeness (QED) is 0.563. The van der Waals surface area contributed by atoms with Gasteiger partial charge in [0.25, 0.3) is 0 Å². The van der Waals surface area contributed by atoms with Gasteiger partial charge in [-0.1, -0.05) is 23.9 Å². The first kappa shape index (κ1) is 14.3. The number of furan rings is 1. The van der Waals surface area contributed by atoms with E-state index in [-0.39, 0.29) is 5.69 Å². The zero-order valence-electron chi connectivity index (χ0n) is 11.9. The summed E-state index contributed by atoms with van der Waals surface area (Å²) < 4.78 is 8.03. The van der Waals surface area contributed by atoms with Crippen molar-refractivity contribution in [2.24, 2.45) is 0 Å². The van der Waals surface area contributed by atoms with Crippen molar-refractivity contribution >= 4 is 33.3 Å². The lowest BCUT2D eigenvalue weighted by atomic mass is 10.3. The van der Waals surface area contributed by atoms with E-state index in [4.69, 9.17) is 4.42 Å². The normalized spacial score (nSPS) is 11.3. The number of aromatic amines is 1. The molecular weight excluding hydrogens is 332 g/mol. The van der Waals surface area contributed by atoms with E-state index in [9.17, 15) is 4.79 Å². The van der Waals surface area contributed by atoms with E-state index in [1.165, 1.54) is 11.8 Å². The first-order chi connectivity index (χ1) is 11.3. The number of nitrogens with one attached hydrogen (secondary N) is 1. The Morgan fingerprint density at radius 3 is 3.00 bits per heavy atom. The Kier molecular flexibility index (Phi) is 3.76. The van der Waals surface area contributed by atoms with Crippen LogP contribution in [-0.4, -0.2) is 19.7 Å². The van der Waals surface area contributed by atoms with Crippen LogP contribution in [0.3, 0.4) is 0 Å². The second-order valence-electron chi connectivity index (χ2n) is 4.84. The Hall–Kier alpha value is -2.32. The van der Waals surface area contributed by atoms with E-state index in [0.717, 1.165) is 21.0 Å². The predicted molar refractivity (Wildman–Crippen MR) is 89.8 cm³/mol. The van der Waals surface area contributed by atoms with Crippen molar-refractivity contribution in [2.75, 3.05) is 0 Å². The van der Waals surface area contributed by atoms with Crippen LogP contribution in [0.2, 0.25) is 0 Å². The minimum absolute atomic E-state index is 0.242. The fraction of sp³-hybridized carbons (Fsp3) is 0.133. The number of hydrogen-bond acceptors (Lipinski definition) is 6. The maximum atomic E-state index is 11.9. The molecule has 0 radical (unpaired) electrons. The Labute approximate surface area is 139 Å². The molecule has 1 aromatic carbocycles. The van der Waals surface area contributed by atoms with Gasteiger partial charge in [0, 0.05) is 0 Å². The van der Waals surface area contributed by atoms with Crippen LogP contribution in [0.15, 0.2) is 57.0 Å². The molecule has 0 bridgehead atoms. The Morgan fingerprint density at radius 2 is 2.17 bits per heavy atom. The highest BCUT2D eigenvalue weighted by Gasteiger charge is 2.12. The van der Waals surface area contributed by atoms with Crippen molar-refractivity contribution in [1.29, 1.82) is 0 Å². The van der Waals surface area contributed by atoms with Crippen LogP contribution in [-0.2, 0) is 12.3 Å². The maximum absolute atomic E-state index is 11.9. The molecule has 4 rings (SSSR count). The lowest BCUT2D eigenvalue weighted by Gasteiger charge is -2.02. The number of fused-ring (bicyclic) bond motifs is 1. The highest BCUT2D eigenvalue weighted by molar-refractivity contribution is 7.98. The van der Waals surface area contributed by atoms with Crippen molar-refractivity contribution in [1.82, 2.24) is 19.7 Å². The van der Waals surface area contributed by atoms with Crippen molar-refractivity contribution < 1.29 is 4.42 Å². The fourth-order valence-corrected chi connectivity index (χ4v) is 4.12. The van der Waals surface area contributed by atoms with Crippen LogP contribution in [0.5, 0.6) is 0 Å². The molecule has 3 aromatic heterocycles. The zero-order chi connectivity index (χ0) is 15.6. The minimum atomic E-state index is -0.242. The van der Waals surface area contributed by atoms with E-state index < -0.39 is 0 Å². The molecule has 1 N–H and O–H groups in total. The second kappa shape index (κ2) is 6.05. The lowest BCUT2D eigenvalue weighted by Crippen LogP contribution is -2.18. The molecule has 4 aromatic rings. The topological polar surface area (TPSA) is 76.7 Å². The first-order valence-electron chi connectivity index (χ1n) is 6.94. The molecule has 0 aliphatic heterocycles. The third-order valence-electron chi connectivity index (χ3n) is 3.28. The van der Waals surface area contributed by atoms with Gasteiger partial charge in [0.1, 0.15) is 10.8 Å². The molecule has 0 spiro atoms. The summed E-state index contributed by atoms with van der Waals surface area (Å²) >= 11 is 3.14. The molecule has 0 fully saturated rings. The van der Waals surface area contributed by atoms with Crippen molar-refractivity contribution in [3.8, 4) is 0 Å². The Bertz CT molecular complexity index is 951. The predicted octanol–water partition coefficient (Wildman–Crippen LogP) is 3.11. The van der Waals surface area contributed by atoms with Crippen LogP contribution >= 0.6 is 23.1 Å². The molecular formula is C15H12N4O2S2. The van der Waals surface area contributed by atoms with Gasteiger partial charge < -0.3 is 4.42 Å². The molecule has 116 valence electrons. The number of hydrogen-bond donors (Lipinski definition) is 1. The fourth-order valence-electron chi connectivity index (χ4n) is 2.22. The number of para-hydroxylation sites is 1. The van der Waals surface area contributed by atoms with Crippen LogP contribution in [0, 0.1) is 0 Å². The van der Waals surface area contributed by atoms with Crippen molar-refractivity contribution in [3.05, 3.63) is 63.9 Å². The number of aromatic nitrogens is 4. The standard InChI is InChI=1S/C15H12N4O2S2/c20-14-17-18-15(19(14)8-10-4-3-7-21-10)22-9-13-16-11-5-1-2-6-12(11)23-13/h1-7H,8-9H2,(H,17,20). The average molecular weight is 344 g/mol. The van der Waals surface area contributed by atoms with E-state index in [1.807, 2.05) is 24.3 Å². The smallest absolute Gasteiger partial charge is 0.344 e. The summed E-state index contributed by atoms with van der Waals surface area (Å²) in [7, 11) is 0. The van der Waals surface area contributed by atoms with E-state index in [1.54, 1.807) is 28.2 Å². The van der Waals surface area contributed by atoms with E-state index >= 15 is 0 Å². The molecule has 6 nitrogen and oxygen atoms in total. The summed E-state index contributed by atoms with van der Waals surface area (Å²) in [5.41, 5.74) is 0.760. The van der Waals surface area contributed by atoms with Gasteiger partial charge in [0.15, 0.2) is 5.16 Å². The molecule has 0 amide bonds. The molecule has 0 unspecified atom stereocenters. The van der Waals surface area contributed by atoms with Crippen LogP contribution < -0.4 is 5.69 Å². The van der Waals surface area contributed by atoms with Gasteiger partial charge in [0.05, 0.1) is 28.8 Å². The van der Waals surface area contributed by atoms with Crippen molar-refractivity contribution in [3.63, 3.8) is 0 Å². The summed E-state index contributed by atoms with van der Waals surface area (Å²) in [6.45, 7) is 0.366. The molecule has 0 aliphatic carbocycles. The highest BCUT2D eigenvalue weighted by atomic mass is 32.2. The monoisotopic (exact) mass is 344 g/mol. The molecule has 23 heavy (non-hydrogen) atoms. The number of rotatable bonds is 5. The number of benzene rings is 1. The van der Waals surface area contributed by atoms with Crippen LogP contribution in [0.25, 0.3) is 10.2 Å². The number of nitrogens with zero attached hydrogens (tertiary/aromatic N) is 3. The molecule has 0 aliphatic rings. The highest BCUT2D eigenvalue weighted by Crippen LogP contribution is 2.27. The van der Waals surface area contributed by atoms with Gasteiger partial charge in [-0.05, 0) is 24.3 Å². The van der Waals surface area contributed by atoms with Crippen molar-refractivity contribution in [2.45, 2.75) is 17.5 Å². The SMILES string of the molecule is O=c1[nH]nc(SCc2nc3ccccc3s2)n1Cc1ccco1. The summed E-state index contributed by atoms with van der Waals surface area (Å²) in [4.78, 5) is 16.5. The lowest BCUT2D eigenvalue weighted by molar-refractivity contribution is 0.480. The third-order valence-corrected chi connectivity index (χ3v) is 5.49. The summed E-state index contributed by atoms with van der Waals surface area (Å²) in [5, 5.41) is 8.22. The third kappa shape index (κ3) is 2.95. The largest absolute Gasteiger partial charge is 0.467 e. The number of thioether (sulfide) groups is 1. The Morgan fingerprint density at radius 1 is 1.26 bits per heavy atom. The van der Waals surface area contributed by atoms with Gasteiger partial charge in [-0.2, -0.15) is 0 Å². The van der Waals surface area contributed by atoms with Gasteiger partial charge in [0.2, 0.25) is 0 Å². The summed E-state index contributed by atoms with van der Waals surface area (Å²) in [5.74, 6) is 1.39.